The highest BCUT2D eigenvalue weighted by atomic mass is 79.9. The van der Waals surface area contributed by atoms with Crippen LogP contribution < -0.4 is 0 Å². The molecule has 1 saturated heterocycles. The second-order valence-corrected chi connectivity index (χ2v) is 6.98. The van der Waals surface area contributed by atoms with Gasteiger partial charge in [0.1, 0.15) is 0 Å². The summed E-state index contributed by atoms with van der Waals surface area (Å²) in [7, 11) is 0. The maximum absolute atomic E-state index is 12.6. The van der Waals surface area contributed by atoms with E-state index in [1.165, 1.54) is 0 Å². The summed E-state index contributed by atoms with van der Waals surface area (Å²) in [6.07, 6.45) is 0.285. The molecule has 1 N–H and O–H groups in total. The Morgan fingerprint density at radius 1 is 1.08 bits per heavy atom. The molecule has 0 aromatic heterocycles. The van der Waals surface area contributed by atoms with E-state index < -0.39 is 11.9 Å². The summed E-state index contributed by atoms with van der Waals surface area (Å²) in [6, 6.07) is 17.2. The fraction of sp³-hybridized carbons (Fsp3) is 0.263. The Kier molecular flexibility index (Phi) is 5.00. The van der Waals surface area contributed by atoms with Crippen molar-refractivity contribution < 1.29 is 14.7 Å². The quantitative estimate of drug-likeness (QED) is 0.875. The predicted octanol–water partition coefficient (Wildman–Crippen LogP) is 3.32. The number of halogens is 1. The van der Waals surface area contributed by atoms with E-state index in [1.807, 2.05) is 54.6 Å². The number of carboxylic acids is 1. The van der Waals surface area contributed by atoms with E-state index >= 15 is 0 Å². The first-order valence-electron chi connectivity index (χ1n) is 7.84. The molecule has 24 heavy (non-hydrogen) atoms. The van der Waals surface area contributed by atoms with Crippen LogP contribution in [0.15, 0.2) is 59.1 Å². The molecule has 2 atom stereocenters. The minimum absolute atomic E-state index is 0.0298. The lowest BCUT2D eigenvalue weighted by atomic mass is 9.89. The molecule has 5 heteroatoms. The highest BCUT2D eigenvalue weighted by molar-refractivity contribution is 9.10. The van der Waals surface area contributed by atoms with E-state index in [1.54, 1.807) is 4.90 Å². The summed E-state index contributed by atoms with van der Waals surface area (Å²) >= 11 is 3.40. The Labute approximate surface area is 149 Å². The highest BCUT2D eigenvalue weighted by Gasteiger charge is 2.40. The second-order valence-electron chi connectivity index (χ2n) is 6.07. The number of amides is 1. The number of likely N-dealkylation sites (tertiary alicyclic amines) is 1. The lowest BCUT2D eigenvalue weighted by Gasteiger charge is -2.16. The third-order valence-corrected chi connectivity index (χ3v) is 4.96. The third kappa shape index (κ3) is 3.67. The maximum Gasteiger partial charge on any atom is 0.308 e. The molecule has 3 rings (SSSR count). The average molecular weight is 388 g/mol. The third-order valence-electron chi connectivity index (χ3n) is 4.46. The van der Waals surface area contributed by atoms with Gasteiger partial charge in [-0.15, -0.1) is 0 Å². The molecule has 0 unspecified atom stereocenters. The lowest BCUT2D eigenvalue weighted by molar-refractivity contribution is -0.141. The monoisotopic (exact) mass is 387 g/mol. The summed E-state index contributed by atoms with van der Waals surface area (Å²) in [4.78, 5) is 25.9. The van der Waals surface area contributed by atoms with Crippen LogP contribution in [0.1, 0.15) is 17.0 Å². The van der Waals surface area contributed by atoms with Gasteiger partial charge in [-0.05, 0) is 23.3 Å². The normalized spacial score (nSPS) is 20.1. The molecule has 0 spiro atoms. The van der Waals surface area contributed by atoms with Crippen LogP contribution in [0.5, 0.6) is 0 Å². The smallest absolute Gasteiger partial charge is 0.308 e. The molecule has 0 bridgehead atoms. The van der Waals surface area contributed by atoms with Crippen LogP contribution in [-0.2, 0) is 16.0 Å². The number of carbonyl (C=O) groups excluding carboxylic acids is 1. The molecular weight excluding hydrogens is 370 g/mol. The van der Waals surface area contributed by atoms with Gasteiger partial charge in [-0.1, -0.05) is 58.4 Å². The zero-order chi connectivity index (χ0) is 17.1. The average Bonchev–Trinajstić information content (AvgIpc) is 3.01. The summed E-state index contributed by atoms with van der Waals surface area (Å²) in [5.41, 5.74) is 1.90. The van der Waals surface area contributed by atoms with Crippen LogP contribution in [0, 0.1) is 5.92 Å². The highest BCUT2D eigenvalue weighted by Crippen LogP contribution is 2.33. The molecule has 0 aliphatic carbocycles. The van der Waals surface area contributed by atoms with E-state index in [9.17, 15) is 14.7 Å². The summed E-state index contributed by atoms with van der Waals surface area (Å²) in [6.45, 7) is 0.718. The van der Waals surface area contributed by atoms with Gasteiger partial charge in [-0.2, -0.15) is 0 Å². The van der Waals surface area contributed by atoms with Gasteiger partial charge in [0.05, 0.1) is 12.3 Å². The van der Waals surface area contributed by atoms with Crippen molar-refractivity contribution in [3.8, 4) is 0 Å². The Bertz CT molecular complexity index is 747. The fourth-order valence-electron chi connectivity index (χ4n) is 3.23. The second kappa shape index (κ2) is 7.18. The number of carboxylic acid groups (broad SMARTS) is 1. The molecule has 0 radical (unpaired) electrons. The molecule has 2 aromatic rings. The van der Waals surface area contributed by atoms with Gasteiger partial charge in [-0.3, -0.25) is 9.59 Å². The number of carbonyl (C=O) groups is 2. The molecule has 0 saturated carbocycles. The molecule has 4 nitrogen and oxygen atoms in total. The lowest BCUT2D eigenvalue weighted by Crippen LogP contribution is -2.31. The molecule has 124 valence electrons. The van der Waals surface area contributed by atoms with Crippen molar-refractivity contribution >= 4 is 27.8 Å². The Hall–Kier alpha value is -2.14. The summed E-state index contributed by atoms with van der Waals surface area (Å²) in [5, 5.41) is 9.53. The van der Waals surface area contributed by atoms with E-state index in [0.29, 0.717) is 6.54 Å². The molecule has 1 aliphatic heterocycles. The van der Waals surface area contributed by atoms with Crippen LogP contribution in [0.2, 0.25) is 0 Å². The van der Waals surface area contributed by atoms with E-state index in [0.717, 1.165) is 15.6 Å². The molecular formula is C19H18BrNO3. The Morgan fingerprint density at radius 3 is 2.50 bits per heavy atom. The maximum atomic E-state index is 12.6. The minimum Gasteiger partial charge on any atom is -0.481 e. The summed E-state index contributed by atoms with van der Waals surface area (Å²) in [5.74, 6) is -1.59. The number of hydrogen-bond acceptors (Lipinski definition) is 2. The molecule has 1 heterocycles. The topological polar surface area (TPSA) is 57.6 Å². The van der Waals surface area contributed by atoms with Crippen molar-refractivity contribution in [2.45, 2.75) is 12.3 Å². The minimum atomic E-state index is -0.846. The molecule has 1 fully saturated rings. The zero-order valence-electron chi connectivity index (χ0n) is 13.1. The number of rotatable bonds is 4. The van der Waals surface area contributed by atoms with Crippen LogP contribution in [0.3, 0.4) is 0 Å². The van der Waals surface area contributed by atoms with Gasteiger partial charge in [0.25, 0.3) is 0 Å². The van der Waals surface area contributed by atoms with Gasteiger partial charge < -0.3 is 10.0 Å². The number of aliphatic carboxylic acids is 1. The van der Waals surface area contributed by atoms with E-state index in [2.05, 4.69) is 15.9 Å². The predicted molar refractivity (Wildman–Crippen MR) is 94.7 cm³/mol. The molecule has 2 aromatic carbocycles. The van der Waals surface area contributed by atoms with Crippen LogP contribution >= 0.6 is 15.9 Å². The van der Waals surface area contributed by atoms with Gasteiger partial charge in [0, 0.05) is 23.5 Å². The number of benzene rings is 2. The first kappa shape index (κ1) is 16.7. The van der Waals surface area contributed by atoms with Gasteiger partial charge >= 0.3 is 5.97 Å². The Morgan fingerprint density at radius 2 is 1.83 bits per heavy atom. The van der Waals surface area contributed by atoms with Crippen molar-refractivity contribution in [3.63, 3.8) is 0 Å². The van der Waals surface area contributed by atoms with E-state index in [4.69, 9.17) is 0 Å². The standard InChI is InChI=1S/C19H18BrNO3/c20-15-8-4-5-13(9-15)10-18(22)21-11-16(17(12-21)19(23)24)14-6-2-1-3-7-14/h1-9,16-17H,10-12H2,(H,23,24)/t16-,17-/m1/s1. The van der Waals surface area contributed by atoms with Crippen LogP contribution in [0.25, 0.3) is 0 Å². The zero-order valence-corrected chi connectivity index (χ0v) is 14.6. The van der Waals surface area contributed by atoms with Crippen LogP contribution in [0.4, 0.5) is 0 Å². The van der Waals surface area contributed by atoms with Gasteiger partial charge in [0.2, 0.25) is 5.91 Å². The van der Waals surface area contributed by atoms with Crippen molar-refractivity contribution in [1.82, 2.24) is 4.90 Å². The Balaban J connectivity index is 1.75. The van der Waals surface area contributed by atoms with Gasteiger partial charge in [-0.25, -0.2) is 0 Å². The van der Waals surface area contributed by atoms with Crippen LogP contribution in [-0.4, -0.2) is 35.0 Å². The van der Waals surface area contributed by atoms with Gasteiger partial charge in [0.15, 0.2) is 0 Å². The number of hydrogen-bond donors (Lipinski definition) is 1. The largest absolute Gasteiger partial charge is 0.481 e. The number of nitrogens with zero attached hydrogens (tertiary/aromatic N) is 1. The van der Waals surface area contributed by atoms with E-state index in [-0.39, 0.29) is 24.8 Å². The van der Waals surface area contributed by atoms with Crippen molar-refractivity contribution in [3.05, 3.63) is 70.2 Å². The first-order chi connectivity index (χ1) is 11.5. The first-order valence-corrected chi connectivity index (χ1v) is 8.64. The van der Waals surface area contributed by atoms with Crippen molar-refractivity contribution in [2.75, 3.05) is 13.1 Å². The van der Waals surface area contributed by atoms with Crippen molar-refractivity contribution in [2.24, 2.45) is 5.92 Å². The molecule has 1 amide bonds. The fourth-order valence-corrected chi connectivity index (χ4v) is 3.68. The summed E-state index contributed by atoms with van der Waals surface area (Å²) < 4.78 is 0.930. The molecule has 1 aliphatic rings. The SMILES string of the molecule is O=C(O)[C@@H]1CN(C(=O)Cc2cccc(Br)c2)C[C@@H]1c1ccccc1. The van der Waals surface area contributed by atoms with Crippen molar-refractivity contribution in [1.29, 1.82) is 0 Å².